The molecule has 7 heteroatoms. The van der Waals surface area contributed by atoms with Gasteiger partial charge in [0, 0.05) is 21.2 Å². The number of benzene rings is 1. The van der Waals surface area contributed by atoms with E-state index in [0.29, 0.717) is 10.7 Å². The van der Waals surface area contributed by atoms with Gasteiger partial charge in [-0.1, -0.05) is 34.2 Å². The molecule has 3 rings (SSSR count). The van der Waals surface area contributed by atoms with Crippen LogP contribution in [0.4, 0.5) is 0 Å². The van der Waals surface area contributed by atoms with Gasteiger partial charge in [-0.05, 0) is 30.7 Å². The lowest BCUT2D eigenvalue weighted by molar-refractivity contribution is 0.852. The summed E-state index contributed by atoms with van der Waals surface area (Å²) >= 11 is 6.56. The molecule has 0 fully saturated rings. The fraction of sp³-hybridized carbons (Fsp3) is 0.214. The first-order valence-electron chi connectivity index (χ1n) is 6.43. The lowest BCUT2D eigenvalue weighted by Crippen LogP contribution is -2.15. The van der Waals surface area contributed by atoms with Gasteiger partial charge in [0.1, 0.15) is 5.01 Å². The van der Waals surface area contributed by atoms with Gasteiger partial charge in [0.25, 0.3) is 5.56 Å². The molecule has 0 atom stereocenters. The third-order valence-corrected chi connectivity index (χ3v) is 5.47. The van der Waals surface area contributed by atoms with Crippen LogP contribution in [-0.2, 0) is 12.2 Å². The van der Waals surface area contributed by atoms with Gasteiger partial charge in [0.2, 0.25) is 4.96 Å². The molecule has 0 saturated carbocycles. The van der Waals surface area contributed by atoms with Crippen molar-refractivity contribution in [1.82, 2.24) is 14.6 Å². The summed E-state index contributed by atoms with van der Waals surface area (Å²) < 4.78 is 2.44. The minimum Gasteiger partial charge on any atom is -0.267 e. The van der Waals surface area contributed by atoms with Crippen molar-refractivity contribution in [3.05, 3.63) is 55.9 Å². The maximum atomic E-state index is 12.0. The molecule has 2 heterocycles. The zero-order valence-corrected chi connectivity index (χ0v) is 14.5. The average Bonchev–Trinajstić information content (AvgIpc) is 2.90. The van der Waals surface area contributed by atoms with E-state index in [9.17, 15) is 4.79 Å². The molecule has 3 aromatic rings. The van der Waals surface area contributed by atoms with E-state index < -0.39 is 0 Å². The minimum absolute atomic E-state index is 0.109. The van der Waals surface area contributed by atoms with E-state index in [2.05, 4.69) is 26.0 Å². The van der Waals surface area contributed by atoms with Crippen LogP contribution in [0.3, 0.4) is 0 Å². The van der Waals surface area contributed by atoms with Gasteiger partial charge < -0.3 is 0 Å². The van der Waals surface area contributed by atoms with Crippen LogP contribution in [-0.4, -0.2) is 14.6 Å². The highest BCUT2D eigenvalue weighted by atomic mass is 79.9. The van der Waals surface area contributed by atoms with Crippen LogP contribution in [0, 0.1) is 0 Å². The standard InChI is InChI=1S/C14H12BrN3OS2/c1-2-12-17-18-13(19)7-10(16-14(18)21-12)8-20-11-5-3-9(15)4-6-11/h3-7H,2,8H2,1H3. The largest absolute Gasteiger partial charge is 0.275 e. The van der Waals surface area contributed by atoms with Crippen molar-refractivity contribution in [1.29, 1.82) is 0 Å². The zero-order valence-electron chi connectivity index (χ0n) is 11.2. The first-order chi connectivity index (χ1) is 10.2. The zero-order chi connectivity index (χ0) is 14.8. The Balaban J connectivity index is 1.83. The smallest absolute Gasteiger partial charge is 0.267 e. The van der Waals surface area contributed by atoms with E-state index in [1.165, 1.54) is 15.9 Å². The first-order valence-corrected chi connectivity index (χ1v) is 9.02. The van der Waals surface area contributed by atoms with Gasteiger partial charge in [-0.2, -0.15) is 9.61 Å². The summed E-state index contributed by atoms with van der Waals surface area (Å²) in [6.45, 7) is 2.02. The van der Waals surface area contributed by atoms with E-state index in [4.69, 9.17) is 0 Å². The number of aromatic nitrogens is 3. The SMILES string of the molecule is CCc1nn2c(=O)cc(CSc3ccc(Br)cc3)nc2s1. The van der Waals surface area contributed by atoms with Crippen molar-refractivity contribution in [3.8, 4) is 0 Å². The Labute approximate surface area is 138 Å². The highest BCUT2D eigenvalue weighted by Crippen LogP contribution is 2.24. The van der Waals surface area contributed by atoms with E-state index in [1.807, 2.05) is 31.2 Å². The summed E-state index contributed by atoms with van der Waals surface area (Å²) in [5, 5.41) is 5.18. The van der Waals surface area contributed by atoms with Crippen LogP contribution in [0.2, 0.25) is 0 Å². The summed E-state index contributed by atoms with van der Waals surface area (Å²) in [6, 6.07) is 9.66. The van der Waals surface area contributed by atoms with Crippen LogP contribution >= 0.6 is 39.0 Å². The molecule has 0 aliphatic rings. The molecule has 0 aliphatic heterocycles. The molecule has 108 valence electrons. The highest BCUT2D eigenvalue weighted by Gasteiger charge is 2.08. The second kappa shape index (κ2) is 6.29. The van der Waals surface area contributed by atoms with Gasteiger partial charge in [-0.25, -0.2) is 4.98 Å². The topological polar surface area (TPSA) is 47.3 Å². The second-order valence-corrected chi connectivity index (χ2v) is 7.38. The summed E-state index contributed by atoms with van der Waals surface area (Å²) in [5.74, 6) is 0.673. The molecule has 0 amide bonds. The third-order valence-electron chi connectivity index (χ3n) is 2.84. The summed E-state index contributed by atoms with van der Waals surface area (Å²) in [6.07, 6.45) is 0.816. The quantitative estimate of drug-likeness (QED) is 0.645. The molecule has 0 radical (unpaired) electrons. The molecule has 0 saturated heterocycles. The highest BCUT2D eigenvalue weighted by molar-refractivity contribution is 9.10. The lowest BCUT2D eigenvalue weighted by Gasteiger charge is -2.01. The molecule has 4 nitrogen and oxygen atoms in total. The Morgan fingerprint density at radius 2 is 2.10 bits per heavy atom. The van der Waals surface area contributed by atoms with Gasteiger partial charge in [0.15, 0.2) is 0 Å². The fourth-order valence-corrected chi connectivity index (χ4v) is 3.71. The molecular formula is C14H12BrN3OS2. The Morgan fingerprint density at radius 1 is 1.33 bits per heavy atom. The number of halogens is 1. The Bertz CT molecular complexity index is 826. The number of hydrogen-bond acceptors (Lipinski definition) is 5. The van der Waals surface area contributed by atoms with Crippen LogP contribution in [0.25, 0.3) is 4.96 Å². The number of hydrogen-bond donors (Lipinski definition) is 0. The van der Waals surface area contributed by atoms with Crippen molar-refractivity contribution in [2.24, 2.45) is 0 Å². The van der Waals surface area contributed by atoms with E-state index in [-0.39, 0.29) is 5.56 Å². The Kier molecular flexibility index (Phi) is 4.42. The summed E-state index contributed by atoms with van der Waals surface area (Å²) in [4.78, 5) is 18.4. The Morgan fingerprint density at radius 3 is 2.81 bits per heavy atom. The van der Waals surface area contributed by atoms with Crippen LogP contribution in [0.5, 0.6) is 0 Å². The molecule has 21 heavy (non-hydrogen) atoms. The maximum Gasteiger partial charge on any atom is 0.275 e. The van der Waals surface area contributed by atoms with Crippen molar-refractivity contribution in [2.45, 2.75) is 24.0 Å². The molecule has 0 aliphatic carbocycles. The van der Waals surface area contributed by atoms with Crippen LogP contribution in [0.1, 0.15) is 17.6 Å². The van der Waals surface area contributed by atoms with Crippen LogP contribution < -0.4 is 5.56 Å². The normalized spacial score (nSPS) is 11.1. The number of fused-ring (bicyclic) bond motifs is 1. The molecular weight excluding hydrogens is 370 g/mol. The van der Waals surface area contributed by atoms with Crippen molar-refractivity contribution in [3.63, 3.8) is 0 Å². The predicted molar refractivity (Wildman–Crippen MR) is 90.2 cm³/mol. The first kappa shape index (κ1) is 14.7. The summed E-state index contributed by atoms with van der Waals surface area (Å²) in [7, 11) is 0. The van der Waals surface area contributed by atoms with E-state index in [1.54, 1.807) is 17.8 Å². The van der Waals surface area contributed by atoms with Gasteiger partial charge in [-0.15, -0.1) is 11.8 Å². The Hall–Kier alpha value is -1.18. The van der Waals surface area contributed by atoms with Crippen LogP contribution in [0.15, 0.2) is 44.5 Å². The van der Waals surface area contributed by atoms with E-state index in [0.717, 1.165) is 26.5 Å². The average molecular weight is 382 g/mol. The minimum atomic E-state index is -0.109. The fourth-order valence-electron chi connectivity index (χ4n) is 1.80. The molecule has 0 bridgehead atoms. The maximum absolute atomic E-state index is 12.0. The number of nitrogens with zero attached hydrogens (tertiary/aromatic N) is 3. The molecule has 2 aromatic heterocycles. The molecule has 0 unspecified atom stereocenters. The number of aryl methyl sites for hydroxylation is 1. The lowest BCUT2D eigenvalue weighted by atomic mass is 10.4. The molecule has 0 spiro atoms. The van der Waals surface area contributed by atoms with Crippen molar-refractivity contribution < 1.29 is 0 Å². The molecule has 1 aromatic carbocycles. The third kappa shape index (κ3) is 3.36. The second-order valence-electron chi connectivity index (χ2n) is 4.37. The van der Waals surface area contributed by atoms with Gasteiger partial charge in [-0.3, -0.25) is 4.79 Å². The van der Waals surface area contributed by atoms with Crippen molar-refractivity contribution >= 4 is 44.0 Å². The number of rotatable bonds is 4. The van der Waals surface area contributed by atoms with E-state index >= 15 is 0 Å². The van der Waals surface area contributed by atoms with Gasteiger partial charge >= 0.3 is 0 Å². The molecule has 0 N–H and O–H groups in total. The number of thioether (sulfide) groups is 1. The summed E-state index contributed by atoms with van der Waals surface area (Å²) in [5.41, 5.74) is 0.682. The van der Waals surface area contributed by atoms with Crippen molar-refractivity contribution in [2.75, 3.05) is 0 Å². The van der Waals surface area contributed by atoms with Gasteiger partial charge in [0.05, 0.1) is 5.69 Å². The predicted octanol–water partition coefficient (Wildman–Crippen LogP) is 3.77. The monoisotopic (exact) mass is 381 g/mol.